The van der Waals surface area contributed by atoms with Crippen LogP contribution in [0.25, 0.3) is 0 Å². The minimum absolute atomic E-state index is 0.107. The van der Waals surface area contributed by atoms with Crippen molar-refractivity contribution >= 4 is 29.7 Å². The second-order valence-electron chi connectivity index (χ2n) is 10.0. The Morgan fingerprint density at radius 3 is 1.95 bits per heavy atom. The van der Waals surface area contributed by atoms with Crippen LogP contribution >= 0.6 is 0 Å². The van der Waals surface area contributed by atoms with Gasteiger partial charge in [-0.2, -0.15) is 0 Å². The summed E-state index contributed by atoms with van der Waals surface area (Å²) in [4.78, 5) is 63.9. The average molecular weight is 530 g/mol. The second kappa shape index (κ2) is 17.7. The van der Waals surface area contributed by atoms with Crippen LogP contribution in [-0.2, 0) is 24.0 Å². The molecule has 0 aromatic carbocycles. The van der Waals surface area contributed by atoms with Gasteiger partial charge in [-0.3, -0.25) is 19.2 Å². The van der Waals surface area contributed by atoms with Crippen LogP contribution < -0.4 is 22.1 Å². The van der Waals surface area contributed by atoms with Crippen molar-refractivity contribution in [3.63, 3.8) is 0 Å². The molecule has 0 saturated carbocycles. The molecule has 8 N–H and O–H groups in total. The number of hydrogen-bond acceptors (Lipinski definition) is 7. The predicted molar refractivity (Wildman–Crippen MR) is 139 cm³/mol. The lowest BCUT2D eigenvalue weighted by Gasteiger charge is -2.35. The van der Waals surface area contributed by atoms with E-state index in [1.54, 1.807) is 27.7 Å². The van der Waals surface area contributed by atoms with E-state index in [9.17, 15) is 34.2 Å². The Balaban J connectivity index is 5.87. The number of nitrogens with zero attached hydrogens (tertiary/aromatic N) is 1. The molecule has 0 radical (unpaired) electrons. The third kappa shape index (κ3) is 12.4. The summed E-state index contributed by atoms with van der Waals surface area (Å²) in [6.45, 7) is 9.23. The molecule has 37 heavy (non-hydrogen) atoms. The molecule has 0 fully saturated rings. The van der Waals surface area contributed by atoms with E-state index in [1.165, 1.54) is 0 Å². The third-order valence-electron chi connectivity index (χ3n) is 6.05. The van der Waals surface area contributed by atoms with Crippen molar-refractivity contribution in [2.24, 2.45) is 23.3 Å². The van der Waals surface area contributed by atoms with Crippen molar-refractivity contribution in [3.05, 3.63) is 0 Å². The largest absolute Gasteiger partial charge is 0.481 e. The van der Waals surface area contributed by atoms with Crippen LogP contribution in [0.2, 0.25) is 0 Å². The Morgan fingerprint density at radius 2 is 1.49 bits per heavy atom. The van der Waals surface area contributed by atoms with Crippen molar-refractivity contribution < 1.29 is 34.2 Å². The van der Waals surface area contributed by atoms with Gasteiger partial charge in [0.25, 0.3) is 0 Å². The summed E-state index contributed by atoms with van der Waals surface area (Å²) in [5.41, 5.74) is 11.4. The van der Waals surface area contributed by atoms with Crippen LogP contribution in [0.5, 0.6) is 0 Å². The maximum absolute atomic E-state index is 13.5. The predicted octanol–water partition coefficient (Wildman–Crippen LogP) is 0.671. The Bertz CT molecular complexity index is 760. The van der Waals surface area contributed by atoms with Gasteiger partial charge >= 0.3 is 11.9 Å². The Morgan fingerprint density at radius 1 is 0.865 bits per heavy atom. The minimum Gasteiger partial charge on any atom is -0.481 e. The molecule has 0 spiro atoms. The molecule has 0 aliphatic carbocycles. The van der Waals surface area contributed by atoms with Gasteiger partial charge in [-0.25, -0.2) is 4.79 Å². The van der Waals surface area contributed by atoms with Crippen LogP contribution in [0.3, 0.4) is 0 Å². The summed E-state index contributed by atoms with van der Waals surface area (Å²) in [6.07, 6.45) is 3.10. The summed E-state index contributed by atoms with van der Waals surface area (Å²) in [5.74, 6) is -5.48. The van der Waals surface area contributed by atoms with Crippen LogP contribution in [-0.4, -0.2) is 82.0 Å². The molecule has 0 saturated heterocycles. The van der Waals surface area contributed by atoms with Crippen LogP contribution in [0.4, 0.5) is 0 Å². The standard InChI is InChI=1S/C25H47N5O7/c1-6-7-10-13-30(21(16(4)5)25(36)37)24(35)18(14-19(31)32)28-23(34)20(15(2)3)29-22(33)17(27)11-8-9-12-26/h15-18,20-21H,6-14,26-27H2,1-5H3,(H,28,34)(H,29,33)(H,31,32)(H,36,37). The van der Waals surface area contributed by atoms with Crippen LogP contribution in [0.1, 0.15) is 79.6 Å². The minimum atomic E-state index is -1.51. The first-order valence-corrected chi connectivity index (χ1v) is 13.1. The summed E-state index contributed by atoms with van der Waals surface area (Å²) < 4.78 is 0. The van der Waals surface area contributed by atoms with Gasteiger partial charge in [0.1, 0.15) is 18.1 Å². The molecule has 3 amide bonds. The van der Waals surface area contributed by atoms with Crippen LogP contribution in [0.15, 0.2) is 0 Å². The van der Waals surface area contributed by atoms with Crippen molar-refractivity contribution in [1.29, 1.82) is 0 Å². The van der Waals surface area contributed by atoms with E-state index >= 15 is 0 Å². The Labute approximate surface area is 219 Å². The van der Waals surface area contributed by atoms with Gasteiger partial charge < -0.3 is 37.2 Å². The first kappa shape index (κ1) is 34.3. The van der Waals surface area contributed by atoms with E-state index in [4.69, 9.17) is 11.5 Å². The Kier molecular flexibility index (Phi) is 16.4. The number of carboxylic acids is 2. The van der Waals surface area contributed by atoms with Gasteiger partial charge in [-0.1, -0.05) is 53.9 Å². The number of unbranched alkanes of at least 4 members (excludes halogenated alkanes) is 3. The molecule has 0 rings (SSSR count). The fraction of sp³-hybridized carbons (Fsp3) is 0.800. The zero-order valence-corrected chi connectivity index (χ0v) is 22.9. The highest BCUT2D eigenvalue weighted by atomic mass is 16.4. The third-order valence-corrected chi connectivity index (χ3v) is 6.05. The zero-order valence-electron chi connectivity index (χ0n) is 22.9. The highest BCUT2D eigenvalue weighted by molar-refractivity contribution is 5.95. The van der Waals surface area contributed by atoms with Crippen molar-refractivity contribution in [2.45, 2.75) is 104 Å². The molecule has 4 atom stereocenters. The summed E-state index contributed by atoms with van der Waals surface area (Å²) in [7, 11) is 0. The monoisotopic (exact) mass is 529 g/mol. The molecule has 0 aliphatic heterocycles. The zero-order chi connectivity index (χ0) is 28.7. The van der Waals surface area contributed by atoms with E-state index in [2.05, 4.69) is 10.6 Å². The maximum Gasteiger partial charge on any atom is 0.326 e. The number of carbonyl (C=O) groups is 5. The number of carboxylic acid groups (broad SMARTS) is 2. The highest BCUT2D eigenvalue weighted by Gasteiger charge is 2.38. The smallest absolute Gasteiger partial charge is 0.326 e. The lowest BCUT2D eigenvalue weighted by atomic mass is 9.99. The Hall–Kier alpha value is -2.73. The first-order chi connectivity index (χ1) is 17.3. The normalized spacial score (nSPS) is 14.5. The number of nitrogens with one attached hydrogen (secondary N) is 2. The molecule has 0 bridgehead atoms. The molecule has 0 heterocycles. The number of carbonyl (C=O) groups excluding carboxylic acids is 3. The molecular formula is C25H47N5O7. The number of aliphatic carboxylic acids is 2. The molecule has 0 aliphatic rings. The lowest BCUT2D eigenvalue weighted by molar-refractivity contribution is -0.154. The summed E-state index contributed by atoms with van der Waals surface area (Å²) in [6, 6.07) is -4.63. The van der Waals surface area contributed by atoms with Gasteiger partial charge in [0, 0.05) is 6.54 Å². The number of amides is 3. The van der Waals surface area contributed by atoms with E-state index < -0.39 is 72.1 Å². The first-order valence-electron chi connectivity index (χ1n) is 13.1. The van der Waals surface area contributed by atoms with Gasteiger partial charge in [0.2, 0.25) is 17.7 Å². The van der Waals surface area contributed by atoms with E-state index in [0.717, 1.165) is 17.7 Å². The van der Waals surface area contributed by atoms with Crippen molar-refractivity contribution in [3.8, 4) is 0 Å². The molecule has 214 valence electrons. The van der Waals surface area contributed by atoms with Gasteiger partial charge in [0.05, 0.1) is 12.5 Å². The molecule has 12 nitrogen and oxygen atoms in total. The van der Waals surface area contributed by atoms with Crippen LogP contribution in [0, 0.1) is 11.8 Å². The fourth-order valence-electron chi connectivity index (χ4n) is 3.97. The molecule has 0 aromatic heterocycles. The lowest BCUT2D eigenvalue weighted by Crippen LogP contribution is -2.60. The molecule has 4 unspecified atom stereocenters. The average Bonchev–Trinajstić information content (AvgIpc) is 2.79. The topological polar surface area (TPSA) is 205 Å². The SMILES string of the molecule is CCCCCN(C(=O)C(CC(=O)O)NC(=O)C(NC(=O)C(N)CCCCN)C(C)C)C(C(=O)O)C(C)C. The summed E-state index contributed by atoms with van der Waals surface area (Å²) in [5, 5.41) is 24.3. The van der Waals surface area contributed by atoms with Crippen molar-refractivity contribution in [2.75, 3.05) is 13.1 Å². The maximum atomic E-state index is 13.5. The number of hydrogen-bond donors (Lipinski definition) is 6. The quantitative estimate of drug-likeness (QED) is 0.130. The van der Waals surface area contributed by atoms with E-state index in [-0.39, 0.29) is 6.54 Å². The summed E-state index contributed by atoms with van der Waals surface area (Å²) >= 11 is 0. The fourth-order valence-corrected chi connectivity index (χ4v) is 3.97. The van der Waals surface area contributed by atoms with Gasteiger partial charge in [0.15, 0.2) is 0 Å². The molecular weight excluding hydrogens is 482 g/mol. The van der Waals surface area contributed by atoms with E-state index in [0.29, 0.717) is 32.2 Å². The van der Waals surface area contributed by atoms with Gasteiger partial charge in [-0.05, 0) is 37.6 Å². The van der Waals surface area contributed by atoms with Crippen molar-refractivity contribution in [1.82, 2.24) is 15.5 Å². The molecule has 0 aromatic rings. The van der Waals surface area contributed by atoms with E-state index in [1.807, 2.05) is 6.92 Å². The number of rotatable bonds is 19. The highest BCUT2D eigenvalue weighted by Crippen LogP contribution is 2.16. The second-order valence-corrected chi connectivity index (χ2v) is 10.0. The van der Waals surface area contributed by atoms with Gasteiger partial charge in [-0.15, -0.1) is 0 Å². The molecule has 12 heteroatoms. The number of nitrogens with two attached hydrogens (primary N) is 2.